The first-order valence-electron chi connectivity index (χ1n) is 11.6. The van der Waals surface area contributed by atoms with E-state index in [1.54, 1.807) is 11.3 Å². The lowest BCUT2D eigenvalue weighted by Gasteiger charge is -2.40. The number of guanidine groups is 1. The number of aryl methyl sites for hydroxylation is 2. The molecule has 0 radical (unpaired) electrons. The van der Waals surface area contributed by atoms with Gasteiger partial charge in [0.2, 0.25) is 0 Å². The summed E-state index contributed by atoms with van der Waals surface area (Å²) >= 11 is 1.72. The van der Waals surface area contributed by atoms with Crippen LogP contribution in [-0.4, -0.2) is 64.7 Å². The number of carbonyl (C=O) groups excluding carboxylic acids is 1. The maximum Gasteiger partial charge on any atom is 0.410 e. The molecule has 0 unspecified atom stereocenters. The van der Waals surface area contributed by atoms with Gasteiger partial charge in [0.25, 0.3) is 0 Å². The molecule has 1 aliphatic carbocycles. The van der Waals surface area contributed by atoms with Crippen molar-refractivity contribution in [2.24, 2.45) is 10.9 Å². The van der Waals surface area contributed by atoms with Crippen molar-refractivity contribution in [1.82, 2.24) is 20.1 Å². The number of piperidine rings is 1. The number of hydrogen-bond acceptors (Lipinski definition) is 5. The van der Waals surface area contributed by atoms with Gasteiger partial charge in [-0.15, -0.1) is 35.3 Å². The molecular formula is C23H40IN5O2S. The van der Waals surface area contributed by atoms with E-state index >= 15 is 0 Å². The molecule has 32 heavy (non-hydrogen) atoms. The minimum absolute atomic E-state index is 0. The van der Waals surface area contributed by atoms with Crippen molar-refractivity contribution >= 4 is 47.4 Å². The van der Waals surface area contributed by atoms with Gasteiger partial charge in [0.15, 0.2) is 5.96 Å². The van der Waals surface area contributed by atoms with Crippen molar-refractivity contribution in [2.45, 2.75) is 85.4 Å². The highest BCUT2D eigenvalue weighted by atomic mass is 127. The van der Waals surface area contributed by atoms with Gasteiger partial charge in [0.05, 0.1) is 17.2 Å². The average molecular weight is 578 g/mol. The fourth-order valence-corrected chi connectivity index (χ4v) is 4.82. The van der Waals surface area contributed by atoms with Gasteiger partial charge in [0, 0.05) is 37.1 Å². The molecule has 1 aromatic rings. The molecule has 0 bridgehead atoms. The van der Waals surface area contributed by atoms with E-state index in [0.717, 1.165) is 55.7 Å². The molecule has 2 aliphatic rings. The summed E-state index contributed by atoms with van der Waals surface area (Å²) in [6.07, 6.45) is 4.18. The average Bonchev–Trinajstić information content (AvgIpc) is 3.45. The van der Waals surface area contributed by atoms with Gasteiger partial charge in [-0.2, -0.15) is 0 Å². The Hall–Kier alpha value is -1.10. The topological polar surface area (TPSA) is 70.1 Å². The highest BCUT2D eigenvalue weighted by Crippen LogP contribution is 2.32. The molecular weight excluding hydrogens is 537 g/mol. The van der Waals surface area contributed by atoms with E-state index in [-0.39, 0.29) is 36.1 Å². The molecule has 2 fully saturated rings. The third-order valence-corrected chi connectivity index (χ3v) is 6.75. The van der Waals surface area contributed by atoms with Crippen LogP contribution in [0.25, 0.3) is 0 Å². The zero-order valence-electron chi connectivity index (χ0n) is 20.4. The van der Waals surface area contributed by atoms with Gasteiger partial charge in [-0.05, 0) is 73.1 Å². The number of hydrogen-bond donors (Lipinski definition) is 1. The van der Waals surface area contributed by atoms with Crippen LogP contribution in [0.3, 0.4) is 0 Å². The Kier molecular flexibility index (Phi) is 10.1. The van der Waals surface area contributed by atoms with Crippen molar-refractivity contribution in [1.29, 1.82) is 0 Å². The van der Waals surface area contributed by atoms with E-state index in [4.69, 9.17) is 9.73 Å². The monoisotopic (exact) mass is 577 g/mol. The van der Waals surface area contributed by atoms with E-state index in [1.807, 2.05) is 32.6 Å². The lowest BCUT2D eigenvalue weighted by atomic mass is 10.0. The summed E-state index contributed by atoms with van der Waals surface area (Å²) in [5.41, 5.74) is 0.617. The smallest absolute Gasteiger partial charge is 0.410 e. The standard InChI is InChI=1S/C23H39N5O2S.HI/c1-7-24-21(25-14-20-16(2)26-17(3)31-20)27-12-10-19(11-13-27)28(15-18-8-9-18)22(29)30-23(4,5)6;/h18-19H,7-15H2,1-6H3,(H,24,25);1H. The predicted octanol–water partition coefficient (Wildman–Crippen LogP) is 4.95. The van der Waals surface area contributed by atoms with E-state index in [1.165, 1.54) is 17.7 Å². The summed E-state index contributed by atoms with van der Waals surface area (Å²) in [6, 6.07) is 0.237. The highest BCUT2D eigenvalue weighted by Gasteiger charge is 2.35. The maximum atomic E-state index is 12.9. The Morgan fingerprint density at radius 3 is 2.41 bits per heavy atom. The Morgan fingerprint density at radius 1 is 1.25 bits per heavy atom. The zero-order chi connectivity index (χ0) is 22.6. The lowest BCUT2D eigenvalue weighted by molar-refractivity contribution is 0.00928. The Balaban J connectivity index is 0.00000363. The van der Waals surface area contributed by atoms with Crippen LogP contribution in [0.1, 0.15) is 69.0 Å². The van der Waals surface area contributed by atoms with Crippen LogP contribution in [0.2, 0.25) is 0 Å². The Morgan fingerprint density at radius 2 is 1.91 bits per heavy atom. The Labute approximate surface area is 214 Å². The Bertz CT molecular complexity index is 780. The van der Waals surface area contributed by atoms with Crippen molar-refractivity contribution in [2.75, 3.05) is 26.2 Å². The van der Waals surface area contributed by atoms with Crippen molar-refractivity contribution in [3.05, 3.63) is 15.6 Å². The third-order valence-electron chi connectivity index (χ3n) is 5.69. The molecule has 1 N–H and O–H groups in total. The van der Waals surface area contributed by atoms with Gasteiger partial charge in [-0.3, -0.25) is 0 Å². The van der Waals surface area contributed by atoms with E-state index in [2.05, 4.69) is 29.0 Å². The summed E-state index contributed by atoms with van der Waals surface area (Å²) in [7, 11) is 0. The van der Waals surface area contributed by atoms with E-state index < -0.39 is 5.60 Å². The van der Waals surface area contributed by atoms with Crippen molar-refractivity contribution in [3.63, 3.8) is 0 Å². The van der Waals surface area contributed by atoms with Gasteiger partial charge in [-0.25, -0.2) is 14.8 Å². The molecule has 1 aromatic heterocycles. The molecule has 1 saturated carbocycles. The highest BCUT2D eigenvalue weighted by molar-refractivity contribution is 14.0. The predicted molar refractivity (Wildman–Crippen MR) is 142 cm³/mol. The SMILES string of the molecule is CCNC(=NCc1sc(C)nc1C)N1CCC(N(CC2CC2)C(=O)OC(C)(C)C)CC1.I. The number of carbonyl (C=O) groups is 1. The van der Waals surface area contributed by atoms with Crippen LogP contribution < -0.4 is 5.32 Å². The van der Waals surface area contributed by atoms with Gasteiger partial charge in [0.1, 0.15) is 5.60 Å². The summed E-state index contributed by atoms with van der Waals surface area (Å²) in [5.74, 6) is 1.60. The van der Waals surface area contributed by atoms with Crippen LogP contribution in [-0.2, 0) is 11.3 Å². The largest absolute Gasteiger partial charge is 0.444 e. The number of amides is 1. The van der Waals surface area contributed by atoms with Crippen molar-refractivity contribution in [3.8, 4) is 0 Å². The molecule has 1 saturated heterocycles. The second kappa shape index (κ2) is 11.9. The first-order valence-corrected chi connectivity index (χ1v) is 12.4. The molecule has 0 spiro atoms. The molecule has 3 rings (SSSR count). The molecule has 9 heteroatoms. The number of aliphatic imine (C=N–C) groups is 1. The van der Waals surface area contributed by atoms with Crippen LogP contribution >= 0.6 is 35.3 Å². The second-order valence-electron chi connectivity index (χ2n) is 9.71. The number of nitrogens with zero attached hydrogens (tertiary/aromatic N) is 4. The zero-order valence-corrected chi connectivity index (χ0v) is 23.6. The fraction of sp³-hybridized carbons (Fsp3) is 0.783. The van der Waals surface area contributed by atoms with E-state index in [0.29, 0.717) is 12.5 Å². The number of thiazole rings is 1. The van der Waals surface area contributed by atoms with Crippen LogP contribution in [0.4, 0.5) is 4.79 Å². The lowest BCUT2D eigenvalue weighted by Crippen LogP contribution is -2.52. The number of rotatable bonds is 6. The maximum absolute atomic E-state index is 12.9. The van der Waals surface area contributed by atoms with Crippen LogP contribution in [0.15, 0.2) is 4.99 Å². The number of aromatic nitrogens is 1. The molecule has 1 amide bonds. The summed E-state index contributed by atoms with van der Waals surface area (Å²) in [5, 5.41) is 4.53. The summed E-state index contributed by atoms with van der Waals surface area (Å²) < 4.78 is 5.73. The first kappa shape index (κ1) is 27.1. The molecule has 2 heterocycles. The van der Waals surface area contributed by atoms with Crippen LogP contribution in [0, 0.1) is 19.8 Å². The molecule has 182 valence electrons. The number of ether oxygens (including phenoxy) is 1. The third kappa shape index (κ3) is 8.04. The summed E-state index contributed by atoms with van der Waals surface area (Å²) in [4.78, 5) is 27.8. The fourth-order valence-electron chi connectivity index (χ4n) is 3.95. The molecule has 0 atom stereocenters. The van der Waals surface area contributed by atoms with Crippen molar-refractivity contribution < 1.29 is 9.53 Å². The van der Waals surface area contributed by atoms with E-state index in [9.17, 15) is 4.79 Å². The normalized spacial score (nSPS) is 17.7. The van der Waals surface area contributed by atoms with Gasteiger partial charge < -0.3 is 19.9 Å². The van der Waals surface area contributed by atoms with Crippen LogP contribution in [0.5, 0.6) is 0 Å². The second-order valence-corrected chi connectivity index (χ2v) is 11.0. The molecule has 7 nitrogen and oxygen atoms in total. The number of likely N-dealkylation sites (tertiary alicyclic amines) is 1. The van der Waals surface area contributed by atoms with Gasteiger partial charge in [-0.1, -0.05) is 0 Å². The summed E-state index contributed by atoms with van der Waals surface area (Å²) in [6.45, 7) is 16.1. The minimum Gasteiger partial charge on any atom is -0.444 e. The first-order chi connectivity index (χ1) is 14.7. The number of halogens is 1. The molecule has 0 aromatic carbocycles. The molecule has 1 aliphatic heterocycles. The minimum atomic E-state index is -0.461. The van der Waals surface area contributed by atoms with Gasteiger partial charge >= 0.3 is 6.09 Å². The number of nitrogens with one attached hydrogen (secondary N) is 1. The quantitative estimate of drug-likeness (QED) is 0.294.